The summed E-state index contributed by atoms with van der Waals surface area (Å²) >= 11 is 0. The van der Waals surface area contributed by atoms with Gasteiger partial charge in [-0.2, -0.15) is 0 Å². The van der Waals surface area contributed by atoms with Gasteiger partial charge in [0.15, 0.2) is 0 Å². The zero-order chi connectivity index (χ0) is 17.1. The molecule has 0 aliphatic rings. The Morgan fingerprint density at radius 3 is 1.43 bits per heavy atom. The van der Waals surface area contributed by atoms with E-state index in [1.54, 1.807) is 45.0 Å². The molecular formula is C19H24O4. The molecule has 23 heavy (non-hydrogen) atoms. The molecule has 124 valence electrons. The monoisotopic (exact) mass is 316 g/mol. The van der Waals surface area contributed by atoms with Crippen LogP contribution in [0, 0.1) is 5.41 Å². The van der Waals surface area contributed by atoms with E-state index in [0.29, 0.717) is 11.1 Å². The Kier molecular flexibility index (Phi) is 4.92. The van der Waals surface area contributed by atoms with Crippen molar-refractivity contribution in [2.24, 2.45) is 5.41 Å². The molecule has 2 aromatic carbocycles. The second-order valence-corrected chi connectivity index (χ2v) is 6.59. The number of aliphatic hydroxyl groups is 2. The first-order valence-corrected chi connectivity index (χ1v) is 7.55. The van der Waals surface area contributed by atoms with E-state index in [1.807, 2.05) is 36.4 Å². The zero-order valence-electron chi connectivity index (χ0n) is 14.0. The summed E-state index contributed by atoms with van der Waals surface area (Å²) in [6.07, 6.45) is 0. The van der Waals surface area contributed by atoms with E-state index in [-0.39, 0.29) is 0 Å². The van der Waals surface area contributed by atoms with Crippen molar-refractivity contribution in [3.63, 3.8) is 0 Å². The number of rotatable bonds is 5. The van der Waals surface area contributed by atoms with Crippen molar-refractivity contribution in [2.45, 2.75) is 32.2 Å². The van der Waals surface area contributed by atoms with E-state index in [1.165, 1.54) is 7.11 Å². The van der Waals surface area contributed by atoms with Crippen molar-refractivity contribution in [1.82, 2.24) is 0 Å². The summed E-state index contributed by atoms with van der Waals surface area (Å²) in [6.45, 7) is 5.23. The van der Waals surface area contributed by atoms with Gasteiger partial charge in [0.1, 0.15) is 0 Å². The van der Waals surface area contributed by atoms with Crippen LogP contribution in [0.5, 0.6) is 0 Å². The molecule has 0 unspecified atom stereocenters. The maximum Gasteiger partial charge on any atom is 0.209 e. The van der Waals surface area contributed by atoms with E-state index in [2.05, 4.69) is 0 Å². The highest BCUT2D eigenvalue weighted by atomic mass is 17.2. The molecule has 0 atom stereocenters. The molecule has 0 spiro atoms. The lowest BCUT2D eigenvalue weighted by Gasteiger charge is -2.49. The van der Waals surface area contributed by atoms with Crippen LogP contribution in [0.15, 0.2) is 60.7 Å². The Labute approximate surface area is 137 Å². The first-order valence-electron chi connectivity index (χ1n) is 7.55. The lowest BCUT2D eigenvalue weighted by Crippen LogP contribution is -2.61. The van der Waals surface area contributed by atoms with E-state index in [9.17, 15) is 10.2 Å². The van der Waals surface area contributed by atoms with Crippen molar-refractivity contribution in [3.05, 3.63) is 71.8 Å². The Balaban J connectivity index is 2.82. The van der Waals surface area contributed by atoms with E-state index >= 15 is 0 Å². The largest absolute Gasteiger partial charge is 0.362 e. The molecule has 0 radical (unpaired) electrons. The Hall–Kier alpha value is -1.72. The Bertz CT molecular complexity index is 575. The second kappa shape index (κ2) is 6.42. The molecule has 2 N–H and O–H groups in total. The number of benzene rings is 2. The fourth-order valence-electron chi connectivity index (χ4n) is 2.72. The third-order valence-corrected chi connectivity index (χ3v) is 4.11. The van der Waals surface area contributed by atoms with Crippen LogP contribution in [0.4, 0.5) is 0 Å². The molecule has 0 aromatic heterocycles. The average Bonchev–Trinajstić information content (AvgIpc) is 2.53. The highest BCUT2D eigenvalue weighted by Gasteiger charge is 2.60. The predicted molar refractivity (Wildman–Crippen MR) is 88.4 cm³/mol. The van der Waals surface area contributed by atoms with Crippen LogP contribution < -0.4 is 0 Å². The van der Waals surface area contributed by atoms with Gasteiger partial charge in [-0.15, -0.1) is 0 Å². The maximum atomic E-state index is 11.1. The summed E-state index contributed by atoms with van der Waals surface area (Å²) in [4.78, 5) is 10.6. The lowest BCUT2D eigenvalue weighted by molar-refractivity contribution is -0.429. The van der Waals surface area contributed by atoms with Crippen molar-refractivity contribution >= 4 is 0 Å². The van der Waals surface area contributed by atoms with Gasteiger partial charge in [-0.25, -0.2) is 9.78 Å². The first-order chi connectivity index (χ1) is 10.8. The average molecular weight is 316 g/mol. The van der Waals surface area contributed by atoms with Gasteiger partial charge in [-0.3, -0.25) is 0 Å². The summed E-state index contributed by atoms with van der Waals surface area (Å²) in [5.74, 6) is -2.24. The van der Waals surface area contributed by atoms with Crippen molar-refractivity contribution in [1.29, 1.82) is 0 Å². The Morgan fingerprint density at radius 2 is 1.13 bits per heavy atom. The second-order valence-electron chi connectivity index (χ2n) is 6.59. The van der Waals surface area contributed by atoms with Crippen LogP contribution >= 0.6 is 0 Å². The number of hydrogen-bond donors (Lipinski definition) is 2. The van der Waals surface area contributed by atoms with Crippen LogP contribution in [-0.4, -0.2) is 23.1 Å². The third kappa shape index (κ3) is 2.91. The summed E-state index contributed by atoms with van der Waals surface area (Å²) in [5, 5.41) is 22.3. The molecule has 0 saturated heterocycles. The fourth-order valence-corrected chi connectivity index (χ4v) is 2.72. The molecule has 2 aromatic rings. The molecule has 0 aliphatic heterocycles. The molecule has 0 amide bonds. The molecule has 4 nitrogen and oxygen atoms in total. The van der Waals surface area contributed by atoms with Gasteiger partial charge in [0.2, 0.25) is 11.4 Å². The molecule has 0 saturated carbocycles. The Morgan fingerprint density at radius 1 is 0.739 bits per heavy atom. The normalized spacial score (nSPS) is 13.1. The molecule has 0 bridgehead atoms. The van der Waals surface area contributed by atoms with E-state index in [4.69, 9.17) is 9.78 Å². The summed E-state index contributed by atoms with van der Waals surface area (Å²) in [6, 6.07) is 18.2. The topological polar surface area (TPSA) is 58.9 Å². The van der Waals surface area contributed by atoms with Gasteiger partial charge in [0.25, 0.3) is 0 Å². The van der Waals surface area contributed by atoms with Gasteiger partial charge in [0.05, 0.1) is 7.11 Å². The molecule has 0 aliphatic carbocycles. The maximum absolute atomic E-state index is 11.1. The van der Waals surface area contributed by atoms with Crippen LogP contribution in [-0.2, 0) is 15.4 Å². The predicted octanol–water partition coefficient (Wildman–Crippen LogP) is 3.24. The van der Waals surface area contributed by atoms with Gasteiger partial charge >= 0.3 is 0 Å². The summed E-state index contributed by atoms with van der Waals surface area (Å²) in [5.41, 5.74) is -1.32. The molecule has 4 heteroatoms. The quantitative estimate of drug-likeness (QED) is 0.505. The van der Waals surface area contributed by atoms with Gasteiger partial charge in [-0.05, 0) is 11.1 Å². The molecule has 0 fully saturated rings. The van der Waals surface area contributed by atoms with Crippen molar-refractivity contribution < 1.29 is 20.0 Å². The fraction of sp³-hybridized carbons (Fsp3) is 0.368. The molecule has 2 rings (SSSR count). The zero-order valence-corrected chi connectivity index (χ0v) is 14.0. The van der Waals surface area contributed by atoms with Gasteiger partial charge in [0, 0.05) is 5.41 Å². The summed E-state index contributed by atoms with van der Waals surface area (Å²) < 4.78 is 0. The minimum Gasteiger partial charge on any atom is -0.362 e. The minimum absolute atomic E-state index is 0.591. The van der Waals surface area contributed by atoms with Gasteiger partial charge < -0.3 is 10.2 Å². The van der Waals surface area contributed by atoms with Crippen LogP contribution in [0.2, 0.25) is 0 Å². The van der Waals surface area contributed by atoms with Crippen molar-refractivity contribution in [3.8, 4) is 0 Å². The molecule has 0 heterocycles. The van der Waals surface area contributed by atoms with E-state index < -0.39 is 16.8 Å². The van der Waals surface area contributed by atoms with Gasteiger partial charge in [-0.1, -0.05) is 81.4 Å². The third-order valence-electron chi connectivity index (χ3n) is 4.11. The smallest absolute Gasteiger partial charge is 0.209 e. The van der Waals surface area contributed by atoms with E-state index in [0.717, 1.165) is 0 Å². The molecular weight excluding hydrogens is 292 g/mol. The van der Waals surface area contributed by atoms with Crippen LogP contribution in [0.1, 0.15) is 31.9 Å². The highest BCUT2D eigenvalue weighted by Crippen LogP contribution is 2.49. The number of hydrogen-bond acceptors (Lipinski definition) is 4. The first kappa shape index (κ1) is 17.6. The summed E-state index contributed by atoms with van der Waals surface area (Å²) in [7, 11) is 1.36. The van der Waals surface area contributed by atoms with Crippen molar-refractivity contribution in [2.75, 3.05) is 7.11 Å². The van der Waals surface area contributed by atoms with Crippen LogP contribution in [0.3, 0.4) is 0 Å². The lowest BCUT2D eigenvalue weighted by atomic mass is 9.68. The van der Waals surface area contributed by atoms with Crippen LogP contribution in [0.25, 0.3) is 0 Å². The SMILES string of the molecule is COOC(c1ccccc1)(c1ccccc1)C(O)(O)C(C)(C)C. The standard InChI is InChI=1S/C19H24O4/c1-17(2,3)19(20,21)18(23-22-4,15-11-7-5-8-12-15)16-13-9-6-10-14-16/h5-14,20-21H,1-4H3. The minimum atomic E-state index is -2.24. The highest BCUT2D eigenvalue weighted by molar-refractivity contribution is 5.40.